The molecule has 24 heavy (non-hydrogen) atoms. The van der Waals surface area contributed by atoms with Crippen LogP contribution >= 0.6 is 0 Å². The van der Waals surface area contributed by atoms with Gasteiger partial charge in [-0.15, -0.1) is 0 Å². The lowest BCUT2D eigenvalue weighted by Crippen LogP contribution is -2.09. The fourth-order valence-corrected chi connectivity index (χ4v) is 4.17. The van der Waals surface area contributed by atoms with Gasteiger partial charge in [-0.3, -0.25) is 0 Å². The Morgan fingerprint density at radius 1 is 1.04 bits per heavy atom. The Bertz CT molecular complexity index is 736. The number of hydrogen-bond donors (Lipinski definition) is 2. The summed E-state index contributed by atoms with van der Waals surface area (Å²) in [4.78, 5) is 0. The monoisotopic (exact) mass is 328 g/mol. The molecule has 0 fully saturated rings. The molecule has 3 atom stereocenters. The van der Waals surface area contributed by atoms with Gasteiger partial charge in [-0.25, -0.2) is 0 Å². The van der Waals surface area contributed by atoms with Gasteiger partial charge >= 0.3 is 0 Å². The Morgan fingerprint density at radius 3 is 2.25 bits per heavy atom. The molecule has 0 saturated carbocycles. The number of aromatic hydroxyl groups is 2. The molecule has 2 aromatic rings. The van der Waals surface area contributed by atoms with Crippen LogP contribution in [0.4, 0.5) is 0 Å². The quantitative estimate of drug-likeness (QED) is 0.874. The molecule has 0 amide bonds. The lowest BCUT2D eigenvalue weighted by atomic mass is 9.83. The minimum Gasteiger partial charge on any atom is -0.508 e. The van der Waals surface area contributed by atoms with E-state index in [9.17, 15) is 10.2 Å². The van der Waals surface area contributed by atoms with Crippen LogP contribution in [-0.2, 0) is 0 Å². The van der Waals surface area contributed by atoms with Crippen molar-refractivity contribution in [2.45, 2.75) is 32.1 Å². The Kier molecular flexibility index (Phi) is 4.31. The summed E-state index contributed by atoms with van der Waals surface area (Å²) in [6.07, 6.45) is 1.000. The van der Waals surface area contributed by atoms with Crippen LogP contribution in [0.5, 0.6) is 23.0 Å². The number of ether oxygens (including phenoxy) is 2. The highest BCUT2D eigenvalue weighted by atomic mass is 16.5. The highest BCUT2D eigenvalue weighted by molar-refractivity contribution is 5.64. The zero-order valence-electron chi connectivity index (χ0n) is 14.5. The molecular weight excluding hydrogens is 304 g/mol. The lowest BCUT2D eigenvalue weighted by molar-refractivity contribution is 0.336. The largest absolute Gasteiger partial charge is 0.508 e. The molecule has 0 radical (unpaired) electrons. The first-order chi connectivity index (χ1) is 11.5. The molecule has 4 nitrogen and oxygen atoms in total. The van der Waals surface area contributed by atoms with E-state index in [0.717, 1.165) is 17.5 Å². The molecule has 2 N–H and O–H groups in total. The van der Waals surface area contributed by atoms with Gasteiger partial charge in [0.15, 0.2) is 11.5 Å². The second-order valence-corrected chi connectivity index (χ2v) is 6.41. The van der Waals surface area contributed by atoms with E-state index in [1.165, 1.54) is 5.56 Å². The average Bonchev–Trinajstić information content (AvgIpc) is 2.86. The van der Waals surface area contributed by atoms with Gasteiger partial charge in [0.2, 0.25) is 5.75 Å². The number of phenolic OH excluding ortho intramolecular Hbond substituents is 2. The van der Waals surface area contributed by atoms with E-state index in [-0.39, 0.29) is 17.4 Å². The molecule has 3 rings (SSSR count). The molecule has 4 heteroatoms. The first kappa shape index (κ1) is 16.5. The Balaban J connectivity index is 2.25. The van der Waals surface area contributed by atoms with Crippen molar-refractivity contribution in [3.63, 3.8) is 0 Å². The highest BCUT2D eigenvalue weighted by Gasteiger charge is 2.41. The molecule has 0 aromatic heterocycles. The third kappa shape index (κ3) is 2.37. The molecule has 1 aliphatic carbocycles. The van der Waals surface area contributed by atoms with E-state index in [0.29, 0.717) is 23.3 Å². The highest BCUT2D eigenvalue weighted by Crippen LogP contribution is 2.58. The standard InChI is InChI=1S/C20H24O4/c1-5-14-11(2)17(12-6-8-13(21)9-7-12)18-15(14)10-16(23-3)19(22)20(18)24-4/h6-11,14,17,21-22H,5H2,1-4H3/t11-,14+,17-/m0/s1. The number of fused-ring (bicyclic) bond motifs is 1. The van der Waals surface area contributed by atoms with Crippen molar-refractivity contribution in [3.05, 3.63) is 47.0 Å². The fraction of sp³-hybridized carbons (Fsp3) is 0.400. The Labute approximate surface area is 142 Å². The van der Waals surface area contributed by atoms with Crippen LogP contribution in [0.25, 0.3) is 0 Å². The van der Waals surface area contributed by atoms with E-state index in [1.807, 2.05) is 18.2 Å². The SMILES string of the molecule is CC[C@H]1c2cc(OC)c(O)c(OC)c2[C@H](c2ccc(O)cc2)[C@H]1C. The first-order valence-electron chi connectivity index (χ1n) is 8.30. The van der Waals surface area contributed by atoms with Gasteiger partial charge in [0.1, 0.15) is 5.75 Å². The van der Waals surface area contributed by atoms with Gasteiger partial charge in [0.25, 0.3) is 0 Å². The molecule has 0 bridgehead atoms. The van der Waals surface area contributed by atoms with Gasteiger partial charge in [-0.05, 0) is 47.6 Å². The van der Waals surface area contributed by atoms with Crippen molar-refractivity contribution in [3.8, 4) is 23.0 Å². The van der Waals surface area contributed by atoms with E-state index in [4.69, 9.17) is 9.47 Å². The van der Waals surface area contributed by atoms with E-state index < -0.39 is 0 Å². The van der Waals surface area contributed by atoms with Crippen molar-refractivity contribution < 1.29 is 19.7 Å². The Hall–Kier alpha value is -2.36. The minimum absolute atomic E-state index is 0.0477. The second-order valence-electron chi connectivity index (χ2n) is 6.41. The summed E-state index contributed by atoms with van der Waals surface area (Å²) >= 11 is 0. The number of phenols is 2. The third-order valence-corrected chi connectivity index (χ3v) is 5.28. The first-order valence-corrected chi connectivity index (χ1v) is 8.30. The van der Waals surface area contributed by atoms with Crippen LogP contribution in [0.15, 0.2) is 30.3 Å². The van der Waals surface area contributed by atoms with Crippen LogP contribution in [0.2, 0.25) is 0 Å². The fourth-order valence-electron chi connectivity index (χ4n) is 4.17. The van der Waals surface area contributed by atoms with Crippen molar-refractivity contribution >= 4 is 0 Å². The van der Waals surface area contributed by atoms with Crippen molar-refractivity contribution in [1.82, 2.24) is 0 Å². The van der Waals surface area contributed by atoms with E-state index >= 15 is 0 Å². The van der Waals surface area contributed by atoms with Gasteiger partial charge in [-0.1, -0.05) is 26.0 Å². The van der Waals surface area contributed by atoms with Crippen LogP contribution in [0.3, 0.4) is 0 Å². The molecule has 0 aliphatic heterocycles. The van der Waals surface area contributed by atoms with Crippen molar-refractivity contribution in [2.24, 2.45) is 5.92 Å². The summed E-state index contributed by atoms with van der Waals surface area (Å²) in [6.45, 7) is 4.41. The number of benzene rings is 2. The normalized spacial score (nSPS) is 22.2. The molecule has 0 unspecified atom stereocenters. The van der Waals surface area contributed by atoms with Crippen molar-refractivity contribution in [1.29, 1.82) is 0 Å². The lowest BCUT2D eigenvalue weighted by Gasteiger charge is -2.22. The van der Waals surface area contributed by atoms with Crippen LogP contribution in [-0.4, -0.2) is 24.4 Å². The maximum atomic E-state index is 10.5. The smallest absolute Gasteiger partial charge is 0.201 e. The van der Waals surface area contributed by atoms with Crippen molar-refractivity contribution in [2.75, 3.05) is 14.2 Å². The molecule has 128 valence electrons. The summed E-state index contributed by atoms with van der Waals surface area (Å²) in [5.74, 6) is 2.06. The number of methoxy groups -OCH3 is 2. The van der Waals surface area contributed by atoms with E-state index in [2.05, 4.69) is 13.8 Å². The van der Waals surface area contributed by atoms with Gasteiger partial charge < -0.3 is 19.7 Å². The maximum Gasteiger partial charge on any atom is 0.201 e. The molecule has 0 heterocycles. The molecule has 1 aliphatic rings. The van der Waals surface area contributed by atoms with Gasteiger partial charge in [0.05, 0.1) is 14.2 Å². The third-order valence-electron chi connectivity index (χ3n) is 5.28. The van der Waals surface area contributed by atoms with Crippen LogP contribution in [0, 0.1) is 5.92 Å². The predicted octanol–water partition coefficient (Wildman–Crippen LogP) is 4.39. The molecular formula is C20H24O4. The molecule has 2 aromatic carbocycles. The van der Waals surface area contributed by atoms with Gasteiger partial charge in [-0.2, -0.15) is 0 Å². The summed E-state index contributed by atoms with van der Waals surface area (Å²) in [6, 6.07) is 9.24. The van der Waals surface area contributed by atoms with Crippen LogP contribution < -0.4 is 9.47 Å². The summed E-state index contributed by atoms with van der Waals surface area (Å²) in [5.41, 5.74) is 3.32. The van der Waals surface area contributed by atoms with Crippen LogP contribution in [0.1, 0.15) is 48.8 Å². The minimum atomic E-state index is 0.0477. The topological polar surface area (TPSA) is 58.9 Å². The van der Waals surface area contributed by atoms with E-state index in [1.54, 1.807) is 26.4 Å². The summed E-state index contributed by atoms with van der Waals surface area (Å²) in [5, 5.41) is 20.1. The predicted molar refractivity (Wildman–Crippen MR) is 93.4 cm³/mol. The Morgan fingerprint density at radius 2 is 1.71 bits per heavy atom. The summed E-state index contributed by atoms with van der Waals surface area (Å²) in [7, 11) is 3.13. The summed E-state index contributed by atoms with van der Waals surface area (Å²) < 4.78 is 10.9. The number of rotatable bonds is 4. The molecule has 0 spiro atoms. The average molecular weight is 328 g/mol. The number of hydrogen-bond acceptors (Lipinski definition) is 4. The zero-order chi connectivity index (χ0) is 17.4. The second kappa shape index (κ2) is 6.27. The zero-order valence-corrected chi connectivity index (χ0v) is 14.5. The maximum absolute atomic E-state index is 10.5. The van der Waals surface area contributed by atoms with Gasteiger partial charge in [0, 0.05) is 11.5 Å². The molecule has 0 saturated heterocycles.